The van der Waals surface area contributed by atoms with Crippen LogP contribution < -0.4 is 10.9 Å². The summed E-state index contributed by atoms with van der Waals surface area (Å²) in [5.41, 5.74) is 6.15. The van der Waals surface area contributed by atoms with Crippen LogP contribution in [0.2, 0.25) is 0 Å². The van der Waals surface area contributed by atoms with Crippen LogP contribution >= 0.6 is 11.3 Å². The lowest BCUT2D eigenvalue weighted by molar-refractivity contribution is -0.385. The summed E-state index contributed by atoms with van der Waals surface area (Å²) in [4.78, 5) is 36.4. The molecule has 1 heterocycles. The van der Waals surface area contributed by atoms with Crippen molar-refractivity contribution in [2.75, 3.05) is 0 Å². The van der Waals surface area contributed by atoms with Gasteiger partial charge in [0.1, 0.15) is 0 Å². The Balaban J connectivity index is 1.68. The van der Waals surface area contributed by atoms with Crippen molar-refractivity contribution in [3.63, 3.8) is 0 Å². The van der Waals surface area contributed by atoms with Crippen molar-refractivity contribution in [3.05, 3.63) is 60.8 Å². The quantitative estimate of drug-likeness (QED) is 0.659. The number of rotatable bonds is 3. The molecule has 0 radical (unpaired) electrons. The number of hydrazine groups is 1. The Hall–Kier alpha value is -2.74. The molecule has 0 spiro atoms. The van der Waals surface area contributed by atoms with Crippen molar-refractivity contribution >= 4 is 28.8 Å². The summed E-state index contributed by atoms with van der Waals surface area (Å²) in [7, 11) is 0. The van der Waals surface area contributed by atoms with E-state index in [2.05, 4.69) is 10.9 Å². The van der Waals surface area contributed by atoms with Gasteiger partial charge in [0.05, 0.1) is 15.4 Å². The van der Waals surface area contributed by atoms with E-state index in [1.165, 1.54) is 46.9 Å². The molecule has 7 nitrogen and oxygen atoms in total. The van der Waals surface area contributed by atoms with Gasteiger partial charge in [0.2, 0.25) is 0 Å². The maximum atomic E-state index is 12.2. The number of aryl methyl sites for hydroxylation is 2. The minimum atomic E-state index is -0.589. The Morgan fingerprint density at radius 1 is 1.21 bits per heavy atom. The van der Waals surface area contributed by atoms with Crippen LogP contribution in [0.1, 0.15) is 42.5 Å². The zero-order valence-corrected chi connectivity index (χ0v) is 13.7. The second kappa shape index (κ2) is 6.40. The standard InChI is InChI=1S/C16H15N3O4S/c1-9-11(5-3-6-12(9)19(22)23)15(20)17-18-16(21)14-8-10-4-2-7-13(10)24-14/h3,5-6,8H,2,4,7H2,1H3,(H,17,20)(H,18,21). The number of nitro groups is 1. The van der Waals surface area contributed by atoms with Gasteiger partial charge in [-0.2, -0.15) is 0 Å². The molecule has 2 N–H and O–H groups in total. The van der Waals surface area contributed by atoms with Gasteiger partial charge < -0.3 is 0 Å². The lowest BCUT2D eigenvalue weighted by Crippen LogP contribution is -2.41. The fourth-order valence-electron chi connectivity index (χ4n) is 2.75. The molecule has 0 bridgehead atoms. The molecule has 124 valence electrons. The maximum absolute atomic E-state index is 12.2. The van der Waals surface area contributed by atoms with E-state index in [0.29, 0.717) is 4.88 Å². The predicted octanol–water partition coefficient (Wildman–Crippen LogP) is 2.53. The van der Waals surface area contributed by atoms with E-state index in [1.54, 1.807) is 0 Å². The molecule has 1 aromatic heterocycles. The van der Waals surface area contributed by atoms with Crippen LogP contribution in [-0.4, -0.2) is 16.7 Å². The monoisotopic (exact) mass is 345 g/mol. The van der Waals surface area contributed by atoms with Gasteiger partial charge in [-0.1, -0.05) is 6.07 Å². The molecular weight excluding hydrogens is 330 g/mol. The molecule has 0 aliphatic heterocycles. The molecule has 2 amide bonds. The summed E-state index contributed by atoms with van der Waals surface area (Å²) in [6.45, 7) is 1.50. The van der Waals surface area contributed by atoms with Gasteiger partial charge >= 0.3 is 0 Å². The van der Waals surface area contributed by atoms with Crippen molar-refractivity contribution in [1.82, 2.24) is 10.9 Å². The van der Waals surface area contributed by atoms with Crippen LogP contribution in [0.25, 0.3) is 0 Å². The summed E-state index contributed by atoms with van der Waals surface area (Å²) < 4.78 is 0. The first kappa shape index (κ1) is 16.1. The molecule has 0 saturated heterocycles. The van der Waals surface area contributed by atoms with E-state index in [1.807, 2.05) is 6.07 Å². The number of hydrogen-bond acceptors (Lipinski definition) is 5. The molecule has 2 aromatic rings. The van der Waals surface area contributed by atoms with E-state index >= 15 is 0 Å². The molecule has 0 unspecified atom stereocenters. The van der Waals surface area contributed by atoms with Crippen LogP contribution in [0.3, 0.4) is 0 Å². The van der Waals surface area contributed by atoms with Crippen molar-refractivity contribution in [2.45, 2.75) is 26.2 Å². The Bertz CT molecular complexity index is 822. The highest BCUT2D eigenvalue weighted by atomic mass is 32.1. The normalized spacial score (nSPS) is 12.5. The average molecular weight is 345 g/mol. The first-order valence-corrected chi connectivity index (χ1v) is 8.25. The lowest BCUT2D eigenvalue weighted by Gasteiger charge is -2.08. The second-order valence-electron chi connectivity index (χ2n) is 5.53. The SMILES string of the molecule is Cc1c(C(=O)NNC(=O)c2cc3c(s2)CCC3)cccc1[N+](=O)[O-]. The smallest absolute Gasteiger partial charge is 0.267 e. The largest absolute Gasteiger partial charge is 0.279 e. The van der Waals surface area contributed by atoms with Crippen molar-refractivity contribution in [1.29, 1.82) is 0 Å². The Morgan fingerprint density at radius 2 is 1.96 bits per heavy atom. The van der Waals surface area contributed by atoms with E-state index in [-0.39, 0.29) is 22.7 Å². The number of fused-ring (bicyclic) bond motifs is 1. The zero-order chi connectivity index (χ0) is 17.3. The van der Waals surface area contributed by atoms with Crippen LogP contribution in [-0.2, 0) is 12.8 Å². The summed E-state index contributed by atoms with van der Waals surface area (Å²) in [5.74, 6) is -0.973. The molecule has 1 aromatic carbocycles. The predicted molar refractivity (Wildman–Crippen MR) is 89.1 cm³/mol. The minimum Gasteiger partial charge on any atom is -0.267 e. The highest BCUT2D eigenvalue weighted by Gasteiger charge is 2.20. The first-order chi connectivity index (χ1) is 11.5. The van der Waals surface area contributed by atoms with Crippen molar-refractivity contribution in [2.24, 2.45) is 0 Å². The number of benzene rings is 1. The molecule has 8 heteroatoms. The highest BCUT2D eigenvalue weighted by Crippen LogP contribution is 2.30. The van der Waals surface area contributed by atoms with Gasteiger partial charge in [-0.05, 0) is 43.9 Å². The first-order valence-electron chi connectivity index (χ1n) is 7.43. The number of nitrogens with one attached hydrogen (secondary N) is 2. The van der Waals surface area contributed by atoms with Crippen molar-refractivity contribution in [3.8, 4) is 0 Å². The van der Waals surface area contributed by atoms with Crippen LogP contribution in [0.15, 0.2) is 24.3 Å². The zero-order valence-electron chi connectivity index (χ0n) is 12.9. The van der Waals surface area contributed by atoms with E-state index in [0.717, 1.165) is 19.3 Å². The third-order valence-electron chi connectivity index (χ3n) is 4.01. The fourth-order valence-corrected chi connectivity index (χ4v) is 3.90. The van der Waals surface area contributed by atoms with Crippen molar-refractivity contribution < 1.29 is 14.5 Å². The molecule has 0 fully saturated rings. The number of nitro benzene ring substituents is 1. The molecule has 1 aliphatic rings. The molecule has 1 aliphatic carbocycles. The third kappa shape index (κ3) is 3.00. The molecule has 0 saturated carbocycles. The molecule has 24 heavy (non-hydrogen) atoms. The van der Waals surface area contributed by atoms with Gasteiger partial charge in [0.15, 0.2) is 0 Å². The third-order valence-corrected chi connectivity index (χ3v) is 5.24. The number of thiophene rings is 1. The summed E-state index contributed by atoms with van der Waals surface area (Å²) in [6.07, 6.45) is 3.09. The average Bonchev–Trinajstić information content (AvgIpc) is 3.13. The van der Waals surface area contributed by atoms with Gasteiger partial charge in [-0.25, -0.2) is 0 Å². The summed E-state index contributed by atoms with van der Waals surface area (Å²) >= 11 is 1.43. The van der Waals surface area contributed by atoms with E-state index in [9.17, 15) is 19.7 Å². The minimum absolute atomic E-state index is 0.136. The molecular formula is C16H15N3O4S. The van der Waals surface area contributed by atoms with Crippen LogP contribution in [0.4, 0.5) is 5.69 Å². The summed E-state index contributed by atoms with van der Waals surface area (Å²) in [6, 6.07) is 6.10. The summed E-state index contributed by atoms with van der Waals surface area (Å²) in [5, 5.41) is 10.9. The molecule has 0 atom stereocenters. The maximum Gasteiger partial charge on any atom is 0.279 e. The van der Waals surface area contributed by atoms with Gasteiger partial charge in [0.25, 0.3) is 17.5 Å². The van der Waals surface area contributed by atoms with E-state index in [4.69, 9.17) is 0 Å². The fraction of sp³-hybridized carbons (Fsp3) is 0.250. The lowest BCUT2D eigenvalue weighted by atomic mass is 10.1. The van der Waals surface area contributed by atoms with Gasteiger partial charge in [-0.3, -0.25) is 30.6 Å². The number of nitrogens with zero attached hydrogens (tertiary/aromatic N) is 1. The van der Waals surface area contributed by atoms with E-state index < -0.39 is 10.8 Å². The van der Waals surface area contributed by atoms with Gasteiger partial charge in [0, 0.05) is 16.5 Å². The number of hydrogen-bond donors (Lipinski definition) is 2. The number of amides is 2. The Labute approximate surface area is 141 Å². The molecule has 3 rings (SSSR count). The number of carbonyl (C=O) groups excluding carboxylic acids is 2. The second-order valence-corrected chi connectivity index (χ2v) is 6.66. The Morgan fingerprint density at radius 3 is 2.67 bits per heavy atom. The van der Waals surface area contributed by atoms with Gasteiger partial charge in [-0.15, -0.1) is 11.3 Å². The van der Waals surface area contributed by atoms with Crippen LogP contribution in [0.5, 0.6) is 0 Å². The topological polar surface area (TPSA) is 101 Å². The van der Waals surface area contributed by atoms with Crippen LogP contribution in [0, 0.1) is 17.0 Å². The highest BCUT2D eigenvalue weighted by molar-refractivity contribution is 7.14. The number of carbonyl (C=O) groups is 2. The Kier molecular flexibility index (Phi) is 4.30.